The quantitative estimate of drug-likeness (QED) is 0.577. The maximum Gasteiger partial charge on any atom is 0.331 e. The van der Waals surface area contributed by atoms with Gasteiger partial charge in [-0.05, 0) is 36.6 Å². The lowest BCUT2D eigenvalue weighted by atomic mass is 10.2. The molecule has 0 saturated heterocycles. The summed E-state index contributed by atoms with van der Waals surface area (Å²) in [5, 5.41) is 3.57. The van der Waals surface area contributed by atoms with Crippen LogP contribution in [-0.4, -0.2) is 48.9 Å². The minimum absolute atomic E-state index is 0.0635. The number of carbonyl (C=O) groups excluding carboxylic acids is 3. The van der Waals surface area contributed by atoms with E-state index in [1.54, 1.807) is 18.2 Å². The molecule has 1 fully saturated rings. The van der Waals surface area contributed by atoms with Gasteiger partial charge in [-0.2, -0.15) is 0 Å². The summed E-state index contributed by atoms with van der Waals surface area (Å²) < 4.78 is 4.87. The predicted molar refractivity (Wildman–Crippen MR) is 95.3 cm³/mol. The summed E-state index contributed by atoms with van der Waals surface area (Å²) in [7, 11) is 1.48. The van der Waals surface area contributed by atoms with Gasteiger partial charge in [0, 0.05) is 19.2 Å². The van der Waals surface area contributed by atoms with Crippen molar-refractivity contribution in [2.75, 3.05) is 20.2 Å². The molecule has 8 heteroatoms. The third-order valence-electron chi connectivity index (χ3n) is 3.44. The molecule has 0 bridgehead atoms. The minimum Gasteiger partial charge on any atom is -0.452 e. The van der Waals surface area contributed by atoms with Gasteiger partial charge in [-0.3, -0.25) is 9.59 Å². The number of halogens is 2. The van der Waals surface area contributed by atoms with E-state index < -0.39 is 18.5 Å². The van der Waals surface area contributed by atoms with Gasteiger partial charge in [-0.25, -0.2) is 4.79 Å². The first-order chi connectivity index (χ1) is 11.8. The van der Waals surface area contributed by atoms with Crippen LogP contribution in [0.15, 0.2) is 24.3 Å². The highest BCUT2D eigenvalue weighted by Gasteiger charge is 2.24. The zero-order valence-corrected chi connectivity index (χ0v) is 15.1. The monoisotopic (exact) mass is 384 g/mol. The lowest BCUT2D eigenvalue weighted by Crippen LogP contribution is -2.40. The van der Waals surface area contributed by atoms with Crippen LogP contribution in [0.1, 0.15) is 18.4 Å². The zero-order valence-electron chi connectivity index (χ0n) is 13.6. The van der Waals surface area contributed by atoms with E-state index in [4.69, 9.17) is 27.9 Å². The van der Waals surface area contributed by atoms with Gasteiger partial charge in [0.05, 0.1) is 16.6 Å². The first kappa shape index (κ1) is 19.3. The molecule has 1 aliphatic carbocycles. The summed E-state index contributed by atoms with van der Waals surface area (Å²) in [5.41, 5.74) is 0.673. The van der Waals surface area contributed by atoms with Crippen LogP contribution in [0.4, 0.5) is 0 Å². The molecular formula is C17H18Cl2N2O4. The molecule has 2 amide bonds. The van der Waals surface area contributed by atoms with Gasteiger partial charge in [0.25, 0.3) is 5.91 Å². The van der Waals surface area contributed by atoms with Gasteiger partial charge < -0.3 is 15.0 Å². The molecule has 1 aromatic rings. The van der Waals surface area contributed by atoms with Crippen LogP contribution in [0.25, 0.3) is 6.08 Å². The summed E-state index contributed by atoms with van der Waals surface area (Å²) in [5.74, 6) is -1.35. The van der Waals surface area contributed by atoms with E-state index in [9.17, 15) is 14.4 Å². The number of nitrogens with one attached hydrogen (secondary N) is 1. The van der Waals surface area contributed by atoms with Gasteiger partial charge in [-0.1, -0.05) is 29.3 Å². The van der Waals surface area contributed by atoms with Crippen LogP contribution >= 0.6 is 23.2 Å². The first-order valence-electron chi connectivity index (χ1n) is 7.68. The molecule has 0 spiro atoms. The Kier molecular flexibility index (Phi) is 6.84. The molecule has 2 rings (SSSR count). The first-order valence-corrected chi connectivity index (χ1v) is 8.44. The lowest BCUT2D eigenvalue weighted by Gasteiger charge is -2.16. The maximum atomic E-state index is 11.9. The van der Waals surface area contributed by atoms with Gasteiger partial charge in [0.15, 0.2) is 6.61 Å². The van der Waals surface area contributed by atoms with E-state index in [1.807, 2.05) is 0 Å². The van der Waals surface area contributed by atoms with Gasteiger partial charge >= 0.3 is 5.97 Å². The topological polar surface area (TPSA) is 75.7 Å². The molecule has 1 aromatic carbocycles. The highest BCUT2D eigenvalue weighted by Crippen LogP contribution is 2.23. The third-order valence-corrected chi connectivity index (χ3v) is 4.18. The van der Waals surface area contributed by atoms with Crippen LogP contribution in [-0.2, 0) is 19.1 Å². The number of benzene rings is 1. The fourth-order valence-corrected chi connectivity index (χ4v) is 2.18. The van der Waals surface area contributed by atoms with Crippen molar-refractivity contribution < 1.29 is 19.1 Å². The van der Waals surface area contributed by atoms with Crippen molar-refractivity contribution in [2.24, 2.45) is 0 Å². The van der Waals surface area contributed by atoms with Crippen molar-refractivity contribution in [3.8, 4) is 0 Å². The van der Waals surface area contributed by atoms with Crippen LogP contribution in [0.5, 0.6) is 0 Å². The molecule has 1 saturated carbocycles. The summed E-state index contributed by atoms with van der Waals surface area (Å²) in [4.78, 5) is 36.3. The van der Waals surface area contributed by atoms with Gasteiger partial charge in [-0.15, -0.1) is 0 Å². The molecule has 134 valence electrons. The second-order valence-electron chi connectivity index (χ2n) is 5.71. The van der Waals surface area contributed by atoms with Crippen LogP contribution in [0, 0.1) is 0 Å². The Hall–Kier alpha value is -2.05. The molecule has 1 aliphatic rings. The molecule has 0 heterocycles. The summed E-state index contributed by atoms with van der Waals surface area (Å²) in [6, 6.07) is 5.14. The molecule has 0 radical (unpaired) electrons. The third kappa shape index (κ3) is 6.76. The molecule has 1 N–H and O–H groups in total. The number of amides is 2. The van der Waals surface area contributed by atoms with Crippen molar-refractivity contribution in [3.63, 3.8) is 0 Å². The molecule has 0 unspecified atom stereocenters. The van der Waals surface area contributed by atoms with E-state index in [2.05, 4.69) is 5.32 Å². The number of esters is 1. The number of carbonyl (C=O) groups is 3. The van der Waals surface area contributed by atoms with Crippen molar-refractivity contribution in [1.82, 2.24) is 10.2 Å². The number of nitrogens with zero attached hydrogens (tertiary/aromatic N) is 1. The van der Waals surface area contributed by atoms with Crippen molar-refractivity contribution in [3.05, 3.63) is 39.9 Å². The van der Waals surface area contributed by atoms with Crippen molar-refractivity contribution in [1.29, 1.82) is 0 Å². The van der Waals surface area contributed by atoms with Crippen molar-refractivity contribution >= 4 is 47.1 Å². The fourth-order valence-electron chi connectivity index (χ4n) is 1.88. The Morgan fingerprint density at radius 2 is 2.00 bits per heavy atom. The Morgan fingerprint density at radius 3 is 2.64 bits per heavy atom. The normalized spacial score (nSPS) is 13.6. The van der Waals surface area contributed by atoms with Crippen LogP contribution in [0.3, 0.4) is 0 Å². The number of rotatable bonds is 7. The second kappa shape index (κ2) is 8.87. The highest BCUT2D eigenvalue weighted by molar-refractivity contribution is 6.42. The summed E-state index contributed by atoms with van der Waals surface area (Å²) >= 11 is 11.7. The summed E-state index contributed by atoms with van der Waals surface area (Å²) in [6.07, 6.45) is 4.65. The van der Waals surface area contributed by atoms with Crippen LogP contribution < -0.4 is 5.32 Å². The molecule has 0 aromatic heterocycles. The Balaban J connectivity index is 1.74. The molecule has 25 heavy (non-hydrogen) atoms. The van der Waals surface area contributed by atoms with E-state index in [0.29, 0.717) is 15.6 Å². The number of hydrogen-bond donors (Lipinski definition) is 1. The molecule has 6 nitrogen and oxygen atoms in total. The number of ether oxygens (including phenoxy) is 1. The second-order valence-corrected chi connectivity index (χ2v) is 6.52. The summed E-state index contributed by atoms with van der Waals surface area (Å²) in [6.45, 7) is -0.496. The van der Waals surface area contributed by atoms with Crippen molar-refractivity contribution in [2.45, 2.75) is 18.9 Å². The largest absolute Gasteiger partial charge is 0.452 e. The predicted octanol–water partition coefficient (Wildman–Crippen LogP) is 2.29. The molecule has 0 atom stereocenters. The van der Waals surface area contributed by atoms with Crippen LogP contribution in [0.2, 0.25) is 10.0 Å². The van der Waals surface area contributed by atoms with E-state index >= 15 is 0 Å². The standard InChI is InChI=1S/C17H18Cl2N2O4/c1-21(9-15(22)20-12-4-5-12)16(23)10-25-17(24)7-3-11-2-6-13(18)14(19)8-11/h2-3,6-8,12H,4-5,9-10H2,1H3,(H,20,22)/b7-3+. The van der Waals surface area contributed by atoms with Gasteiger partial charge in [0.2, 0.25) is 5.91 Å². The maximum absolute atomic E-state index is 11.9. The smallest absolute Gasteiger partial charge is 0.331 e. The Morgan fingerprint density at radius 1 is 1.28 bits per heavy atom. The molecule has 0 aliphatic heterocycles. The number of likely N-dealkylation sites (N-methyl/N-ethyl adjacent to an activating group) is 1. The number of hydrogen-bond acceptors (Lipinski definition) is 4. The Bertz CT molecular complexity index is 702. The zero-order chi connectivity index (χ0) is 18.4. The van der Waals surface area contributed by atoms with Gasteiger partial charge in [0.1, 0.15) is 0 Å². The van der Waals surface area contributed by atoms with E-state index in [0.717, 1.165) is 12.8 Å². The minimum atomic E-state index is -0.671. The average molecular weight is 385 g/mol. The fraction of sp³-hybridized carbons (Fsp3) is 0.353. The SMILES string of the molecule is CN(CC(=O)NC1CC1)C(=O)COC(=O)/C=C/c1ccc(Cl)c(Cl)c1. The average Bonchev–Trinajstić information content (AvgIpc) is 3.37. The molecular weight excluding hydrogens is 367 g/mol. The Labute approximate surface area is 155 Å². The van der Waals surface area contributed by atoms with E-state index in [1.165, 1.54) is 24.1 Å². The highest BCUT2D eigenvalue weighted by atomic mass is 35.5. The van der Waals surface area contributed by atoms with E-state index in [-0.39, 0.29) is 18.5 Å². The lowest BCUT2D eigenvalue weighted by molar-refractivity contribution is -0.148.